The number of fused-ring (bicyclic) bond motifs is 1. The number of nitrogens with zero attached hydrogens (tertiary/aromatic N) is 2. The van der Waals surface area contributed by atoms with Crippen LogP contribution in [0.2, 0.25) is 0 Å². The van der Waals surface area contributed by atoms with Crippen LogP contribution in [0.25, 0.3) is 27.7 Å². The summed E-state index contributed by atoms with van der Waals surface area (Å²) in [4.78, 5) is 0. The molecule has 0 fully saturated rings. The van der Waals surface area contributed by atoms with Crippen LogP contribution >= 0.6 is 0 Å². The Kier molecular flexibility index (Phi) is 3.61. The molecule has 0 atom stereocenters. The zero-order valence-corrected chi connectivity index (χ0v) is 13.5. The predicted octanol–water partition coefficient (Wildman–Crippen LogP) is 4.55. The maximum atomic E-state index is 13.5. The second kappa shape index (κ2) is 5.94. The van der Waals surface area contributed by atoms with Gasteiger partial charge in [-0.05, 0) is 41.5 Å². The lowest BCUT2D eigenvalue weighted by molar-refractivity contribution is 0.415. The van der Waals surface area contributed by atoms with Gasteiger partial charge in [0.05, 0.1) is 24.5 Å². The van der Waals surface area contributed by atoms with Crippen molar-refractivity contribution in [3.8, 4) is 28.3 Å². The lowest BCUT2D eigenvalue weighted by Gasteiger charge is -2.07. The monoisotopic (exact) mass is 334 g/mol. The van der Waals surface area contributed by atoms with Gasteiger partial charge in [-0.2, -0.15) is 5.10 Å². The van der Waals surface area contributed by atoms with E-state index < -0.39 is 5.82 Å². The molecule has 0 aliphatic heterocycles. The SMILES string of the molecule is COc1ccc(-c2ccc(-n3ncc4cc(F)c(O)cc43)cc2)cc1. The zero-order chi connectivity index (χ0) is 17.4. The van der Waals surface area contributed by atoms with Gasteiger partial charge in [0.15, 0.2) is 11.6 Å². The first kappa shape index (κ1) is 15.2. The smallest absolute Gasteiger partial charge is 0.165 e. The normalized spacial score (nSPS) is 11.0. The highest BCUT2D eigenvalue weighted by molar-refractivity contribution is 5.82. The third kappa shape index (κ3) is 2.70. The molecule has 5 heteroatoms. The molecule has 4 nitrogen and oxygen atoms in total. The van der Waals surface area contributed by atoms with Crippen molar-refractivity contribution in [2.75, 3.05) is 7.11 Å². The zero-order valence-electron chi connectivity index (χ0n) is 13.5. The highest BCUT2D eigenvalue weighted by Crippen LogP contribution is 2.27. The number of aromatic hydroxyl groups is 1. The minimum Gasteiger partial charge on any atom is -0.505 e. The molecule has 25 heavy (non-hydrogen) atoms. The first-order chi connectivity index (χ1) is 12.2. The number of phenols is 1. The summed E-state index contributed by atoms with van der Waals surface area (Å²) in [6, 6.07) is 18.4. The number of halogens is 1. The minimum absolute atomic E-state index is 0.385. The minimum atomic E-state index is -0.651. The Morgan fingerprint density at radius 2 is 1.60 bits per heavy atom. The van der Waals surface area contributed by atoms with Gasteiger partial charge in [0, 0.05) is 11.5 Å². The number of aromatic nitrogens is 2. The van der Waals surface area contributed by atoms with Crippen molar-refractivity contribution < 1.29 is 14.2 Å². The number of hydrogen-bond acceptors (Lipinski definition) is 3. The van der Waals surface area contributed by atoms with Gasteiger partial charge in [0.25, 0.3) is 0 Å². The Morgan fingerprint density at radius 3 is 2.24 bits per heavy atom. The van der Waals surface area contributed by atoms with Gasteiger partial charge in [-0.15, -0.1) is 0 Å². The molecule has 0 radical (unpaired) electrons. The predicted molar refractivity (Wildman–Crippen MR) is 94.7 cm³/mol. The number of benzene rings is 3. The fourth-order valence-electron chi connectivity index (χ4n) is 2.82. The molecule has 4 aromatic rings. The van der Waals surface area contributed by atoms with Crippen LogP contribution in [-0.2, 0) is 0 Å². The standard InChI is InChI=1S/C20H15FN2O2/c1-25-17-8-4-14(5-9-17)13-2-6-16(7-3-13)23-19-11-20(24)18(21)10-15(19)12-22-23/h2-12,24H,1H3. The number of phenolic OH excluding ortho intramolecular Hbond substituents is 1. The molecule has 0 amide bonds. The van der Waals surface area contributed by atoms with E-state index in [0.717, 1.165) is 22.6 Å². The van der Waals surface area contributed by atoms with Crippen LogP contribution in [0, 0.1) is 5.82 Å². The van der Waals surface area contributed by atoms with Crippen molar-refractivity contribution in [2.45, 2.75) is 0 Å². The van der Waals surface area contributed by atoms with Crippen molar-refractivity contribution >= 4 is 10.9 Å². The summed E-state index contributed by atoms with van der Waals surface area (Å²) in [5.41, 5.74) is 3.63. The van der Waals surface area contributed by atoms with E-state index in [-0.39, 0.29) is 5.75 Å². The summed E-state index contributed by atoms with van der Waals surface area (Å²) in [7, 11) is 1.64. The molecule has 124 valence electrons. The van der Waals surface area contributed by atoms with E-state index in [1.165, 1.54) is 12.1 Å². The third-order valence-electron chi connectivity index (χ3n) is 4.17. The first-order valence-electron chi connectivity index (χ1n) is 7.77. The van der Waals surface area contributed by atoms with Gasteiger partial charge in [-0.1, -0.05) is 24.3 Å². The molecule has 1 aromatic heterocycles. The summed E-state index contributed by atoms with van der Waals surface area (Å²) in [6.07, 6.45) is 1.58. The maximum absolute atomic E-state index is 13.5. The topological polar surface area (TPSA) is 47.3 Å². The van der Waals surface area contributed by atoms with Gasteiger partial charge in [-0.3, -0.25) is 0 Å². The number of rotatable bonds is 3. The number of hydrogen-bond donors (Lipinski definition) is 1. The molecule has 0 aliphatic carbocycles. The maximum Gasteiger partial charge on any atom is 0.165 e. The van der Waals surface area contributed by atoms with E-state index in [9.17, 15) is 9.50 Å². The van der Waals surface area contributed by atoms with Crippen LogP contribution in [0.3, 0.4) is 0 Å². The van der Waals surface area contributed by atoms with E-state index >= 15 is 0 Å². The largest absolute Gasteiger partial charge is 0.505 e. The summed E-state index contributed by atoms with van der Waals surface area (Å²) >= 11 is 0. The van der Waals surface area contributed by atoms with Crippen molar-refractivity contribution in [3.63, 3.8) is 0 Å². The van der Waals surface area contributed by atoms with Crippen molar-refractivity contribution in [2.24, 2.45) is 0 Å². The fraction of sp³-hybridized carbons (Fsp3) is 0.0500. The van der Waals surface area contributed by atoms with Gasteiger partial charge in [-0.25, -0.2) is 9.07 Å². The van der Waals surface area contributed by atoms with Gasteiger partial charge < -0.3 is 9.84 Å². The molecular formula is C20H15FN2O2. The Labute approximate surface area is 143 Å². The lowest BCUT2D eigenvalue weighted by Crippen LogP contribution is -1.95. The number of methoxy groups -OCH3 is 1. The molecular weight excluding hydrogens is 319 g/mol. The Bertz CT molecular complexity index is 1040. The van der Waals surface area contributed by atoms with Gasteiger partial charge in [0.1, 0.15) is 5.75 Å². The molecule has 0 saturated heterocycles. The van der Waals surface area contributed by atoms with E-state index in [1.54, 1.807) is 18.0 Å². The molecule has 3 aromatic carbocycles. The third-order valence-corrected chi connectivity index (χ3v) is 4.17. The molecule has 0 saturated carbocycles. The van der Waals surface area contributed by atoms with E-state index in [1.807, 2.05) is 48.5 Å². The average molecular weight is 334 g/mol. The van der Waals surface area contributed by atoms with Crippen LogP contribution in [0.15, 0.2) is 66.9 Å². The molecule has 0 bridgehead atoms. The second-order valence-electron chi connectivity index (χ2n) is 5.69. The summed E-state index contributed by atoms with van der Waals surface area (Å²) in [6.45, 7) is 0. The fourth-order valence-corrected chi connectivity index (χ4v) is 2.82. The van der Waals surface area contributed by atoms with Crippen molar-refractivity contribution in [1.29, 1.82) is 0 Å². The highest BCUT2D eigenvalue weighted by atomic mass is 19.1. The van der Waals surface area contributed by atoms with Crippen LogP contribution in [0.5, 0.6) is 11.5 Å². The Balaban J connectivity index is 1.71. The molecule has 0 spiro atoms. The first-order valence-corrected chi connectivity index (χ1v) is 7.77. The molecule has 0 aliphatic rings. The summed E-state index contributed by atoms with van der Waals surface area (Å²) in [5.74, 6) is -0.221. The van der Waals surface area contributed by atoms with Crippen LogP contribution in [0.4, 0.5) is 4.39 Å². The molecule has 0 unspecified atom stereocenters. The second-order valence-corrected chi connectivity index (χ2v) is 5.69. The Morgan fingerprint density at radius 1 is 0.960 bits per heavy atom. The van der Waals surface area contributed by atoms with Crippen LogP contribution in [-0.4, -0.2) is 22.0 Å². The van der Waals surface area contributed by atoms with Gasteiger partial charge in [0.2, 0.25) is 0 Å². The summed E-state index contributed by atoms with van der Waals surface area (Å²) < 4.78 is 20.3. The Hall–Kier alpha value is -3.34. The average Bonchev–Trinajstić information content (AvgIpc) is 3.05. The highest BCUT2D eigenvalue weighted by Gasteiger charge is 2.10. The van der Waals surface area contributed by atoms with E-state index in [0.29, 0.717) is 10.9 Å². The van der Waals surface area contributed by atoms with Crippen molar-refractivity contribution in [1.82, 2.24) is 9.78 Å². The quantitative estimate of drug-likeness (QED) is 0.598. The van der Waals surface area contributed by atoms with E-state index in [4.69, 9.17) is 4.74 Å². The molecule has 4 rings (SSSR count). The number of ether oxygens (including phenoxy) is 1. The van der Waals surface area contributed by atoms with Gasteiger partial charge >= 0.3 is 0 Å². The molecule has 1 N–H and O–H groups in total. The van der Waals surface area contributed by atoms with Crippen LogP contribution < -0.4 is 4.74 Å². The molecule has 1 heterocycles. The van der Waals surface area contributed by atoms with E-state index in [2.05, 4.69) is 5.10 Å². The summed E-state index contributed by atoms with van der Waals surface area (Å²) in [5, 5.41) is 14.5. The lowest BCUT2D eigenvalue weighted by atomic mass is 10.1. The van der Waals surface area contributed by atoms with Crippen LogP contribution in [0.1, 0.15) is 0 Å². The van der Waals surface area contributed by atoms with Crippen molar-refractivity contribution in [3.05, 3.63) is 72.7 Å².